The summed E-state index contributed by atoms with van der Waals surface area (Å²) in [6, 6.07) is 15.9. The van der Waals surface area contributed by atoms with E-state index in [2.05, 4.69) is 58.2 Å². The Kier molecular flexibility index (Phi) is 29.6. The molecule has 0 spiro atoms. The molecule has 0 aliphatic carbocycles. The van der Waals surface area contributed by atoms with Crippen LogP contribution in [0.25, 0.3) is 0 Å². The molecule has 0 saturated carbocycles. The molecule has 1 aromatic heterocycles. The fourth-order valence-electron chi connectivity index (χ4n) is 12.6. The van der Waals surface area contributed by atoms with Gasteiger partial charge in [0, 0.05) is 57.8 Å². The number of aliphatic hydroxyl groups excluding tert-OH is 4. The highest BCUT2D eigenvalue weighted by atomic mass is 16.6. The van der Waals surface area contributed by atoms with Crippen LogP contribution < -0.4 is 65.1 Å². The van der Waals surface area contributed by atoms with Crippen molar-refractivity contribution in [3.8, 4) is 5.75 Å². The number of nitrogens with two attached hydrogens (primary N) is 3. The zero-order chi connectivity index (χ0) is 76.7. The molecule has 34 heteroatoms. The summed E-state index contributed by atoms with van der Waals surface area (Å²) in [6.45, 7) is 3.13. The number of aliphatic hydroxyl groups is 4. The fourth-order valence-corrected chi connectivity index (χ4v) is 12.6. The van der Waals surface area contributed by atoms with Crippen molar-refractivity contribution >= 4 is 70.9 Å². The van der Waals surface area contributed by atoms with Crippen LogP contribution in [-0.4, -0.2) is 221 Å². The van der Waals surface area contributed by atoms with E-state index in [0.717, 1.165) is 4.68 Å². The lowest BCUT2D eigenvalue weighted by Gasteiger charge is -2.38. The van der Waals surface area contributed by atoms with Gasteiger partial charge in [-0.15, -0.1) is 5.10 Å². The van der Waals surface area contributed by atoms with E-state index in [1.54, 1.807) is 91.0 Å². The van der Waals surface area contributed by atoms with E-state index in [1.165, 1.54) is 35.4 Å². The minimum Gasteiger partial charge on any atom is -0.508 e. The van der Waals surface area contributed by atoms with Gasteiger partial charge in [0.05, 0.1) is 24.7 Å². The van der Waals surface area contributed by atoms with E-state index in [0.29, 0.717) is 28.7 Å². The molecule has 106 heavy (non-hydrogen) atoms. The smallest absolute Gasteiger partial charge is 0.246 e. The maximum Gasteiger partial charge on any atom is 0.246 e. The number of aromatic nitrogens is 3. The average Bonchev–Trinajstić information content (AvgIpc) is 1.41. The Morgan fingerprint density at radius 1 is 0.519 bits per heavy atom. The minimum atomic E-state index is -1.92. The second-order valence-electron chi connectivity index (χ2n) is 27.1. The number of phenolic OH excluding ortho intramolecular Hbond substituents is 1. The highest BCUT2D eigenvalue weighted by molar-refractivity contribution is 6.00. The van der Waals surface area contributed by atoms with Crippen LogP contribution in [0.15, 0.2) is 121 Å². The van der Waals surface area contributed by atoms with Gasteiger partial charge in [0.25, 0.3) is 0 Å². The third kappa shape index (κ3) is 23.9. The first-order chi connectivity index (χ1) is 50.6. The van der Waals surface area contributed by atoms with Crippen molar-refractivity contribution in [2.75, 3.05) is 13.1 Å². The first-order valence-electron chi connectivity index (χ1n) is 35.1. The summed E-state index contributed by atoms with van der Waals surface area (Å²) < 4.78 is 6.44. The van der Waals surface area contributed by atoms with Crippen molar-refractivity contribution < 1.29 is 87.8 Å². The van der Waals surface area contributed by atoms with Gasteiger partial charge in [-0.2, -0.15) is 0 Å². The van der Waals surface area contributed by atoms with Gasteiger partial charge < -0.3 is 100 Å². The lowest BCUT2D eigenvalue weighted by atomic mass is 9.99. The van der Waals surface area contributed by atoms with Gasteiger partial charge in [-0.3, -0.25) is 57.5 Å². The van der Waals surface area contributed by atoms with Crippen LogP contribution in [0.4, 0.5) is 0 Å². The van der Waals surface area contributed by atoms with Crippen LogP contribution in [0.2, 0.25) is 0 Å². The zero-order valence-corrected chi connectivity index (χ0v) is 58.7. The summed E-state index contributed by atoms with van der Waals surface area (Å²) in [5.41, 5.74) is 19.8. The Balaban J connectivity index is 1.16. The quantitative estimate of drug-likeness (QED) is 0.0371. The van der Waals surface area contributed by atoms with Crippen LogP contribution in [0, 0.1) is 5.92 Å². The normalized spacial score (nSPS) is 27.0. The largest absolute Gasteiger partial charge is 0.508 e. The topological polar surface area (TPSA) is 535 Å². The number of amides is 12. The van der Waals surface area contributed by atoms with E-state index in [1.807, 2.05) is 13.8 Å². The number of carbonyl (C=O) groups is 12. The SMILES string of the molecule is CC(C)C[C@@H]1NC(=O)[C@@H](N)CCCNC(=O)[C@@H](Cc2cn(C[C@H]3OC(O)[C@@H](O)[C@@H](O)[C@@H]3O)nn2)NC(=O)[C@H](Cc2ccc(O)cc2)NC(=O)[C@H](CCC(N)=O)NC(=O)[C@H](CC(N)=O)NC(=O)[C@@H](Cc2ccccc2)NC(=O)[C@H](Cc2ccccc2)NC(=O)[C@@H]2CCCN2C(=O)[C@@H](Cc2ccccc2)NC1=O. The first-order valence-corrected chi connectivity index (χ1v) is 35.1. The van der Waals surface area contributed by atoms with Crippen molar-refractivity contribution in [1.29, 1.82) is 0 Å². The predicted molar refractivity (Wildman–Crippen MR) is 377 cm³/mol. The monoisotopic (exact) mass is 1470 g/mol. The number of nitrogens with one attached hydrogen (secondary N) is 9. The van der Waals surface area contributed by atoms with Crippen LogP contribution >= 0.6 is 0 Å². The number of hydrogen-bond acceptors (Lipinski definition) is 21. The molecule has 15 atom stereocenters. The Bertz CT molecular complexity index is 3860. The third-order valence-electron chi connectivity index (χ3n) is 18.3. The molecule has 4 heterocycles. The van der Waals surface area contributed by atoms with Crippen molar-refractivity contribution in [3.63, 3.8) is 0 Å². The van der Waals surface area contributed by atoms with Crippen LogP contribution in [0.1, 0.15) is 93.2 Å². The number of hydrogen-bond donors (Lipinski definition) is 17. The minimum absolute atomic E-state index is 0.0133. The molecule has 0 radical (unpaired) electrons. The zero-order valence-electron chi connectivity index (χ0n) is 58.7. The lowest BCUT2D eigenvalue weighted by molar-refractivity contribution is -0.284. The molecule has 570 valence electrons. The molecule has 0 bridgehead atoms. The molecule has 1 unspecified atom stereocenters. The molecule has 3 saturated heterocycles. The molecular formula is C72H94N16O18. The molecule has 20 N–H and O–H groups in total. The second kappa shape index (κ2) is 38.8. The van der Waals surface area contributed by atoms with Gasteiger partial charge >= 0.3 is 0 Å². The van der Waals surface area contributed by atoms with E-state index in [-0.39, 0.29) is 88.4 Å². The maximum absolute atomic E-state index is 15.1. The van der Waals surface area contributed by atoms with Crippen molar-refractivity contribution in [1.82, 2.24) is 67.7 Å². The van der Waals surface area contributed by atoms with E-state index < -0.39 is 188 Å². The lowest BCUT2D eigenvalue weighted by Crippen LogP contribution is -2.61. The van der Waals surface area contributed by atoms with E-state index in [9.17, 15) is 73.5 Å². The molecule has 3 aliphatic rings. The Morgan fingerprint density at radius 2 is 0.981 bits per heavy atom. The highest BCUT2D eigenvalue weighted by Gasteiger charge is 2.45. The van der Waals surface area contributed by atoms with Gasteiger partial charge in [-0.05, 0) is 78.8 Å². The summed E-state index contributed by atoms with van der Waals surface area (Å²) >= 11 is 0. The number of primary amides is 2. The van der Waals surface area contributed by atoms with Crippen molar-refractivity contribution in [3.05, 3.63) is 149 Å². The number of benzene rings is 4. The van der Waals surface area contributed by atoms with Gasteiger partial charge in [-0.25, -0.2) is 4.68 Å². The van der Waals surface area contributed by atoms with Crippen molar-refractivity contribution in [2.24, 2.45) is 23.1 Å². The van der Waals surface area contributed by atoms with Crippen LogP contribution in [0.3, 0.4) is 0 Å². The summed E-state index contributed by atoms with van der Waals surface area (Å²) in [4.78, 5) is 174. The Morgan fingerprint density at radius 3 is 1.52 bits per heavy atom. The molecule has 5 aromatic rings. The van der Waals surface area contributed by atoms with Crippen LogP contribution in [0.5, 0.6) is 5.75 Å². The molecule has 8 rings (SSSR count). The van der Waals surface area contributed by atoms with Gasteiger partial charge in [0.15, 0.2) is 6.29 Å². The highest BCUT2D eigenvalue weighted by Crippen LogP contribution is 2.24. The molecule has 34 nitrogen and oxygen atoms in total. The molecule has 12 amide bonds. The van der Waals surface area contributed by atoms with E-state index in [4.69, 9.17) is 21.9 Å². The van der Waals surface area contributed by atoms with Gasteiger partial charge in [0.2, 0.25) is 70.9 Å². The number of rotatable bonds is 19. The fraction of sp³-hybridized carbons (Fsp3) is 0.472. The summed E-state index contributed by atoms with van der Waals surface area (Å²) in [6.07, 6.45) is -10.2. The molecule has 4 aromatic carbocycles. The average molecular weight is 1470 g/mol. The maximum atomic E-state index is 15.1. The van der Waals surface area contributed by atoms with E-state index >= 15 is 9.59 Å². The van der Waals surface area contributed by atoms with Gasteiger partial charge in [0.1, 0.15) is 84.5 Å². The standard InChI is InChI=1S/C72H94N16O18/c1-39(2)30-48-65(98)84-54(34-42-18-10-5-11-19-42)71(104)88-29-13-21-55(88)70(103)83-51(32-41-16-8-4-9-17-41)68(101)80-49(31-40-14-6-3-7-15-40)67(100)82-53(36-58(75)91)69(102)77-47(26-27-57(74)90)64(97)79-50(33-43-22-24-45(89)25-23-43)66(99)81-52(63(96)76-28-12-20-46(73)62(95)78-48)35-44-37-87(86-85-44)38-56-59(92)60(93)61(94)72(105)106-56/h3-11,14-19,22-25,37,39,46-56,59-61,72,89,92-94,105H,12-13,20-21,26-36,38,73H2,1-2H3,(H2,74,90)(H2,75,91)(H,76,96)(H,77,102)(H,78,95)(H,79,97)(H,80,101)(H,81,99)(H,82,100)(H,83,103)(H,84,98)/t46-,47-,48-,49+,50-,51-,52+,53-,54+,55-,56+,59+,60-,61-,72?/m0/s1. The number of aromatic hydroxyl groups is 1. The van der Waals surface area contributed by atoms with Gasteiger partial charge in [-0.1, -0.05) is 122 Å². The number of phenols is 1. The number of ether oxygens (including phenoxy) is 1. The Hall–Kier alpha value is -10.8. The third-order valence-corrected chi connectivity index (χ3v) is 18.3. The summed E-state index contributed by atoms with van der Waals surface area (Å²) in [5, 5.41) is 83.6. The number of fused-ring (bicyclic) bond motifs is 1. The first kappa shape index (κ1) is 80.9. The molecular weight excluding hydrogens is 1380 g/mol. The number of carbonyl (C=O) groups excluding carboxylic acids is 12. The summed E-state index contributed by atoms with van der Waals surface area (Å²) in [5.74, 6) is -11.6. The second-order valence-corrected chi connectivity index (χ2v) is 27.1. The Labute approximate surface area is 610 Å². The molecule has 3 aliphatic heterocycles. The van der Waals surface area contributed by atoms with Crippen molar-refractivity contribution in [2.45, 2.75) is 195 Å². The molecule has 3 fully saturated rings. The summed E-state index contributed by atoms with van der Waals surface area (Å²) in [7, 11) is 0. The number of nitrogens with zero attached hydrogens (tertiary/aromatic N) is 4. The predicted octanol–water partition coefficient (Wildman–Crippen LogP) is -4.41. The van der Waals surface area contributed by atoms with Crippen LogP contribution in [-0.2, 0) is 101 Å².